The smallest absolute Gasteiger partial charge is 0.412 e. The Morgan fingerprint density at radius 1 is 0.981 bits per heavy atom. The van der Waals surface area contributed by atoms with Crippen LogP contribution in [0, 0.1) is 50.6 Å². The van der Waals surface area contributed by atoms with Crippen molar-refractivity contribution in [3.8, 4) is 0 Å². The number of H-pyrrole nitrogens is 1. The summed E-state index contributed by atoms with van der Waals surface area (Å²) in [4.78, 5) is 26.3. The van der Waals surface area contributed by atoms with E-state index in [-0.39, 0.29) is 51.2 Å². The summed E-state index contributed by atoms with van der Waals surface area (Å²) in [5.74, 6) is -0.248. The van der Waals surface area contributed by atoms with Crippen molar-refractivity contribution in [2.75, 3.05) is 11.1 Å². The van der Waals surface area contributed by atoms with Crippen molar-refractivity contribution in [3.63, 3.8) is 0 Å². The first kappa shape index (κ1) is 36.8. The Balaban J connectivity index is 1.26. The van der Waals surface area contributed by atoms with Gasteiger partial charge in [0, 0.05) is 16.7 Å². The average Bonchev–Trinajstić information content (AvgIpc) is 3.48. The minimum Gasteiger partial charge on any atom is -0.481 e. The van der Waals surface area contributed by atoms with Crippen molar-refractivity contribution >= 4 is 29.1 Å². The minimum absolute atomic E-state index is 0.0247. The zero-order valence-electron chi connectivity index (χ0n) is 33.0. The molecule has 5 aliphatic carbocycles. The lowest BCUT2D eigenvalue weighted by Crippen LogP contribution is -2.65. The number of nitrogens with zero attached hydrogens (tertiary/aromatic N) is 1. The molecule has 0 spiro atoms. The predicted molar refractivity (Wildman–Crippen MR) is 209 cm³/mol. The van der Waals surface area contributed by atoms with Gasteiger partial charge in [-0.25, -0.2) is 9.18 Å². The number of aliphatic carboxylic acids is 1. The number of aromatic nitrogens is 2. The SMILES string of the molecule is CC1(C)CCC2(C(=O)O)CCC3(C)C(=C(c4ccc(NC(=O)OCc5ccccc5)c(F)c4)CC4C5(C)Cc6c(N)n[nH]c6C(C)(C)C5CCC43C)C2C1. The third-order valence-corrected chi connectivity index (χ3v) is 16.2. The summed E-state index contributed by atoms with van der Waals surface area (Å²) >= 11 is 0. The normalized spacial score (nSPS) is 34.7. The first-order valence-corrected chi connectivity index (χ1v) is 19.9. The molecule has 3 fully saturated rings. The standard InChI is InChI=1S/C45H57FN4O4/c1-40(2)17-19-45(38(51)52)20-18-44(7)35(30(45)24-40)28(27-13-14-32(31(46)21-27)48-39(53)54-25-26-11-9-8-10-12-26)22-34-42(5)23-29-36(49-50-37(29)47)41(3,4)33(42)15-16-43(34,44)6/h8-14,21,30,33-34H,15-20,22-25H2,1-7H3,(H,48,53)(H,51,52)(H3,47,49,50). The number of anilines is 2. The van der Waals surface area contributed by atoms with Gasteiger partial charge in [-0.3, -0.25) is 15.2 Å². The second-order valence-electron chi connectivity index (χ2n) is 19.6. The number of nitrogens with one attached hydrogen (secondary N) is 2. The molecule has 288 valence electrons. The zero-order valence-corrected chi connectivity index (χ0v) is 33.0. The molecule has 0 saturated heterocycles. The summed E-state index contributed by atoms with van der Waals surface area (Å²) in [5, 5.41) is 21.5. The summed E-state index contributed by atoms with van der Waals surface area (Å²) in [6.45, 7) is 16.7. The van der Waals surface area contributed by atoms with Gasteiger partial charge < -0.3 is 15.6 Å². The molecule has 5 aliphatic rings. The van der Waals surface area contributed by atoms with Crippen LogP contribution in [-0.2, 0) is 28.0 Å². The first-order chi connectivity index (χ1) is 25.4. The molecule has 9 heteroatoms. The third kappa shape index (κ3) is 5.22. The van der Waals surface area contributed by atoms with Crippen molar-refractivity contribution in [2.24, 2.45) is 44.8 Å². The van der Waals surface area contributed by atoms with Crippen LogP contribution in [0.15, 0.2) is 54.1 Å². The zero-order chi connectivity index (χ0) is 38.6. The number of fused-ring (bicyclic) bond motifs is 8. The highest BCUT2D eigenvalue weighted by molar-refractivity contribution is 5.86. The van der Waals surface area contributed by atoms with Crippen LogP contribution >= 0.6 is 0 Å². The molecule has 8 nitrogen and oxygen atoms in total. The molecule has 3 aromatic rings. The van der Waals surface area contributed by atoms with E-state index < -0.39 is 23.3 Å². The Bertz CT molecular complexity index is 2050. The second kappa shape index (κ2) is 12.2. The van der Waals surface area contributed by atoms with E-state index in [1.54, 1.807) is 12.1 Å². The molecular weight excluding hydrogens is 680 g/mol. The molecule has 0 aliphatic heterocycles. The van der Waals surface area contributed by atoms with E-state index >= 15 is 4.39 Å². The largest absolute Gasteiger partial charge is 0.481 e. The Morgan fingerprint density at radius 2 is 1.70 bits per heavy atom. The maximum absolute atomic E-state index is 16.3. The second-order valence-corrected chi connectivity index (χ2v) is 19.6. The summed E-state index contributed by atoms with van der Waals surface area (Å²) in [6.07, 6.45) is 6.62. The Hall–Kier alpha value is -4.14. The van der Waals surface area contributed by atoms with Crippen molar-refractivity contribution in [1.29, 1.82) is 0 Å². The number of benzene rings is 2. The maximum Gasteiger partial charge on any atom is 0.412 e. The van der Waals surface area contributed by atoms with Crippen LogP contribution in [0.5, 0.6) is 0 Å². The number of rotatable bonds is 5. The molecule has 2 aromatic carbocycles. The van der Waals surface area contributed by atoms with E-state index in [0.717, 1.165) is 72.9 Å². The highest BCUT2D eigenvalue weighted by atomic mass is 19.1. The number of carboxylic acids is 1. The van der Waals surface area contributed by atoms with Crippen molar-refractivity contribution in [3.05, 3.63) is 82.3 Å². The lowest BCUT2D eigenvalue weighted by atomic mass is 9.33. The number of carboxylic acid groups (broad SMARTS) is 1. The van der Waals surface area contributed by atoms with E-state index in [0.29, 0.717) is 24.6 Å². The topological polar surface area (TPSA) is 130 Å². The predicted octanol–water partition coefficient (Wildman–Crippen LogP) is 10.3. The molecule has 7 atom stereocenters. The van der Waals surface area contributed by atoms with Gasteiger partial charge in [0.15, 0.2) is 0 Å². The number of halogens is 1. The monoisotopic (exact) mass is 736 g/mol. The van der Waals surface area contributed by atoms with Gasteiger partial charge in [0.25, 0.3) is 0 Å². The van der Waals surface area contributed by atoms with Gasteiger partial charge in [0.2, 0.25) is 0 Å². The summed E-state index contributed by atoms with van der Waals surface area (Å²) < 4.78 is 21.7. The van der Waals surface area contributed by atoms with E-state index in [1.807, 2.05) is 36.4 Å². The molecule has 0 bridgehead atoms. The minimum atomic E-state index is -0.852. The highest BCUT2D eigenvalue weighted by Gasteiger charge is 2.70. The van der Waals surface area contributed by atoms with Crippen LogP contribution in [0.3, 0.4) is 0 Å². The van der Waals surface area contributed by atoms with Crippen molar-refractivity contribution < 1.29 is 23.8 Å². The molecular formula is C45H57FN4O4. The number of aromatic amines is 1. The average molecular weight is 737 g/mol. The number of ether oxygens (including phenoxy) is 1. The van der Waals surface area contributed by atoms with E-state index in [4.69, 9.17) is 10.5 Å². The number of amides is 1. The van der Waals surface area contributed by atoms with Crippen molar-refractivity contribution in [2.45, 2.75) is 118 Å². The van der Waals surface area contributed by atoms with E-state index in [9.17, 15) is 14.7 Å². The lowest BCUT2D eigenvalue weighted by molar-refractivity contribution is -0.175. The van der Waals surface area contributed by atoms with E-state index in [2.05, 4.69) is 64.0 Å². The number of nitrogen functional groups attached to an aromatic ring is 1. The molecule has 5 N–H and O–H groups in total. The van der Waals surface area contributed by atoms with E-state index in [1.165, 1.54) is 5.57 Å². The summed E-state index contributed by atoms with van der Waals surface area (Å²) in [6, 6.07) is 14.5. The van der Waals surface area contributed by atoms with Crippen LogP contribution in [0.2, 0.25) is 0 Å². The van der Waals surface area contributed by atoms with Crippen LogP contribution in [0.1, 0.15) is 122 Å². The first-order valence-electron chi connectivity index (χ1n) is 19.9. The number of allylic oxidation sites excluding steroid dienone is 2. The molecule has 7 unspecified atom stereocenters. The fourth-order valence-electron chi connectivity index (χ4n) is 13.1. The van der Waals surface area contributed by atoms with Gasteiger partial charge in [-0.2, -0.15) is 5.10 Å². The summed E-state index contributed by atoms with van der Waals surface area (Å²) in [7, 11) is 0. The molecule has 1 aromatic heterocycles. The van der Waals surface area contributed by atoms with Gasteiger partial charge in [-0.1, -0.05) is 90.4 Å². The third-order valence-electron chi connectivity index (χ3n) is 16.2. The van der Waals surface area contributed by atoms with Gasteiger partial charge in [-0.05, 0) is 126 Å². The molecule has 54 heavy (non-hydrogen) atoms. The molecule has 1 heterocycles. The Kier molecular flexibility index (Phi) is 8.30. The quantitative estimate of drug-likeness (QED) is 0.206. The van der Waals surface area contributed by atoms with Gasteiger partial charge >= 0.3 is 12.1 Å². The molecule has 8 rings (SSSR count). The number of carbonyl (C=O) groups excluding carboxylic acids is 1. The number of nitrogens with two attached hydrogens (primary N) is 1. The lowest BCUT2D eigenvalue weighted by Gasteiger charge is -2.71. The molecule has 3 saturated carbocycles. The van der Waals surface area contributed by atoms with Gasteiger partial charge in [-0.15, -0.1) is 0 Å². The molecule has 1 amide bonds. The number of carbonyl (C=O) groups is 2. The van der Waals surface area contributed by atoms with Crippen LogP contribution < -0.4 is 11.1 Å². The summed E-state index contributed by atoms with van der Waals surface area (Å²) in [5.41, 5.74) is 11.2. The van der Waals surface area contributed by atoms with Crippen molar-refractivity contribution in [1.82, 2.24) is 10.2 Å². The fourth-order valence-corrected chi connectivity index (χ4v) is 13.1. The van der Waals surface area contributed by atoms with Gasteiger partial charge in [0.1, 0.15) is 18.2 Å². The fraction of sp³-hybridized carbons (Fsp3) is 0.578. The maximum atomic E-state index is 16.3. The Labute approximate surface area is 318 Å². The van der Waals surface area contributed by atoms with Crippen LogP contribution in [-0.4, -0.2) is 27.4 Å². The number of hydrogen-bond acceptors (Lipinski definition) is 5. The van der Waals surface area contributed by atoms with Crippen LogP contribution in [0.25, 0.3) is 5.57 Å². The number of hydrogen-bond donors (Lipinski definition) is 4. The highest BCUT2D eigenvalue weighted by Crippen LogP contribution is 2.77. The van der Waals surface area contributed by atoms with Gasteiger partial charge in [0.05, 0.1) is 11.1 Å². The molecule has 0 radical (unpaired) electrons. The Morgan fingerprint density at radius 3 is 2.41 bits per heavy atom. The van der Waals surface area contributed by atoms with Crippen LogP contribution in [0.4, 0.5) is 20.7 Å².